The first kappa shape index (κ1) is 40.5. The van der Waals surface area contributed by atoms with Crippen LogP contribution in [-0.2, 0) is 38.0 Å². The van der Waals surface area contributed by atoms with E-state index in [2.05, 4.69) is 31.8 Å². The fourth-order valence-corrected chi connectivity index (χ4v) is 9.94. The van der Waals surface area contributed by atoms with E-state index in [1.165, 1.54) is 18.3 Å². The molecule has 12 heteroatoms. The summed E-state index contributed by atoms with van der Waals surface area (Å²) in [6, 6.07) is 5.17. The van der Waals surface area contributed by atoms with Crippen molar-refractivity contribution in [1.29, 1.82) is 0 Å². The number of allylic oxidation sites excluding steroid dienone is 2. The van der Waals surface area contributed by atoms with Gasteiger partial charge in [0.1, 0.15) is 29.8 Å². The molecule has 0 saturated carbocycles. The van der Waals surface area contributed by atoms with Gasteiger partial charge in [-0.15, -0.1) is 11.3 Å². The maximum atomic E-state index is 14.6. The first-order chi connectivity index (χ1) is 26.7. The van der Waals surface area contributed by atoms with Gasteiger partial charge in [-0.3, -0.25) is 9.59 Å². The molecule has 12 atom stereocenters. The van der Waals surface area contributed by atoms with E-state index in [9.17, 15) is 19.5 Å². The van der Waals surface area contributed by atoms with Crippen molar-refractivity contribution in [2.24, 2.45) is 23.7 Å². The maximum absolute atomic E-state index is 14.6. The van der Waals surface area contributed by atoms with Crippen LogP contribution in [0.5, 0.6) is 0 Å². The molecule has 0 unspecified atom stereocenters. The Kier molecular flexibility index (Phi) is 11.8. The van der Waals surface area contributed by atoms with Crippen molar-refractivity contribution >= 4 is 39.5 Å². The first-order valence-electron chi connectivity index (χ1n) is 20.1. The third-order valence-corrected chi connectivity index (χ3v) is 13.3. The van der Waals surface area contributed by atoms with Crippen molar-refractivity contribution in [1.82, 2.24) is 4.98 Å². The number of hydrogen-bond acceptors (Lipinski definition) is 12. The third kappa shape index (κ3) is 7.92. The van der Waals surface area contributed by atoms with E-state index in [-0.39, 0.29) is 24.7 Å². The molecule has 2 aromatic rings. The maximum Gasteiger partial charge on any atom is 0.338 e. The number of aromatic nitrogens is 1. The zero-order valence-corrected chi connectivity index (χ0v) is 34.2. The topological polar surface area (TPSA) is 140 Å². The molecule has 4 aliphatic heterocycles. The minimum absolute atomic E-state index is 0.0105. The number of nitrogens with zero attached hydrogens (tertiary/aromatic N) is 1. The van der Waals surface area contributed by atoms with Gasteiger partial charge in [-0.25, -0.2) is 9.78 Å². The van der Waals surface area contributed by atoms with Gasteiger partial charge in [-0.05, 0) is 73.4 Å². The molecule has 11 nitrogen and oxygen atoms in total. The number of carbonyl (C=O) groups is 3. The van der Waals surface area contributed by atoms with Crippen molar-refractivity contribution < 1.29 is 47.9 Å². The summed E-state index contributed by atoms with van der Waals surface area (Å²) in [5.41, 5.74) is 2.83. The van der Waals surface area contributed by atoms with Gasteiger partial charge in [-0.2, -0.15) is 0 Å². The van der Waals surface area contributed by atoms with Gasteiger partial charge in [0.2, 0.25) is 0 Å². The van der Waals surface area contributed by atoms with E-state index in [1.54, 1.807) is 48.9 Å². The Balaban J connectivity index is 1.26. The highest BCUT2D eigenvalue weighted by atomic mass is 32.1. The highest BCUT2D eigenvalue weighted by molar-refractivity contribution is 7.16. The Morgan fingerprint density at radius 3 is 2.68 bits per heavy atom. The van der Waals surface area contributed by atoms with Crippen molar-refractivity contribution in [3.8, 4) is 0 Å². The molecule has 302 valence electrons. The van der Waals surface area contributed by atoms with Crippen molar-refractivity contribution in [3.05, 3.63) is 76.4 Å². The number of esters is 3. The SMILES string of the molecule is CC[C@H](C)[C@H]1O[C@]2(CC[C@@H]1C)C[C@@H]1C[C@@H](C/C=C(\C)[C@@H](OC(C)=O)[C@@H](C)/C=C/C=C3\CO[C@@H]4[C@H](OC(=O)c5ccc6ncsc6c5)C(C)=C[C@@H](C(=O)O1)[C@]34O)O2. The number of aliphatic hydroxyl groups is 1. The summed E-state index contributed by atoms with van der Waals surface area (Å²) in [6.07, 6.45) is 9.38. The molecule has 3 fully saturated rings. The van der Waals surface area contributed by atoms with Crippen LogP contribution in [0.25, 0.3) is 10.2 Å². The third-order valence-electron chi connectivity index (χ3n) is 12.5. The average Bonchev–Trinajstić information content (AvgIpc) is 3.78. The number of fused-ring (bicyclic) bond motifs is 3. The van der Waals surface area contributed by atoms with Crippen LogP contribution in [0.4, 0.5) is 0 Å². The van der Waals surface area contributed by atoms with Gasteiger partial charge >= 0.3 is 17.9 Å². The van der Waals surface area contributed by atoms with Gasteiger partial charge in [0.05, 0.1) is 40.1 Å². The number of ether oxygens (including phenoxy) is 6. The van der Waals surface area contributed by atoms with Crippen LogP contribution >= 0.6 is 11.3 Å². The van der Waals surface area contributed by atoms with Gasteiger partial charge in [0.15, 0.2) is 11.9 Å². The number of thiazole rings is 1. The summed E-state index contributed by atoms with van der Waals surface area (Å²) >= 11 is 1.42. The van der Waals surface area contributed by atoms with E-state index in [0.29, 0.717) is 54.2 Å². The number of hydrogen-bond donors (Lipinski definition) is 1. The van der Waals surface area contributed by atoms with E-state index < -0.39 is 59.6 Å². The predicted molar refractivity (Wildman–Crippen MR) is 211 cm³/mol. The fourth-order valence-electron chi connectivity index (χ4n) is 9.22. The average molecular weight is 790 g/mol. The minimum atomic E-state index is -1.90. The normalized spacial score (nSPS) is 39.2. The molecule has 1 N–H and O–H groups in total. The van der Waals surface area contributed by atoms with Gasteiger partial charge in [0.25, 0.3) is 0 Å². The van der Waals surface area contributed by atoms with Crippen molar-refractivity contribution in [3.63, 3.8) is 0 Å². The zero-order valence-electron chi connectivity index (χ0n) is 33.4. The largest absolute Gasteiger partial charge is 0.462 e. The molecule has 3 saturated heterocycles. The number of carbonyl (C=O) groups excluding carboxylic acids is 3. The minimum Gasteiger partial charge on any atom is -0.462 e. The van der Waals surface area contributed by atoms with E-state index in [1.807, 2.05) is 19.9 Å². The summed E-state index contributed by atoms with van der Waals surface area (Å²) in [5.74, 6) is -3.26. The molecule has 1 spiro atoms. The summed E-state index contributed by atoms with van der Waals surface area (Å²) in [4.78, 5) is 44.8. The molecule has 1 aromatic heterocycles. The second-order valence-corrected chi connectivity index (χ2v) is 17.5. The summed E-state index contributed by atoms with van der Waals surface area (Å²) in [6.45, 7) is 13.7. The van der Waals surface area contributed by atoms with Crippen LogP contribution < -0.4 is 0 Å². The molecule has 56 heavy (non-hydrogen) atoms. The highest BCUT2D eigenvalue weighted by Crippen LogP contribution is 2.48. The van der Waals surface area contributed by atoms with Gasteiger partial charge in [-0.1, -0.05) is 64.5 Å². The monoisotopic (exact) mass is 789 g/mol. The highest BCUT2D eigenvalue weighted by Gasteiger charge is 2.61. The van der Waals surface area contributed by atoms with Crippen LogP contribution in [0.3, 0.4) is 0 Å². The smallest absolute Gasteiger partial charge is 0.338 e. The van der Waals surface area contributed by atoms with Crippen LogP contribution in [-0.4, -0.2) is 82.6 Å². The molecule has 2 bridgehead atoms. The molecule has 0 radical (unpaired) electrons. The zero-order chi connectivity index (χ0) is 39.9. The van der Waals surface area contributed by atoms with Crippen LogP contribution in [0.15, 0.2) is 70.8 Å². The Morgan fingerprint density at radius 2 is 1.91 bits per heavy atom. The summed E-state index contributed by atoms with van der Waals surface area (Å²) in [5, 5.41) is 12.9. The van der Waals surface area contributed by atoms with Gasteiger partial charge in [0, 0.05) is 32.1 Å². The van der Waals surface area contributed by atoms with E-state index in [0.717, 1.165) is 28.6 Å². The van der Waals surface area contributed by atoms with Crippen molar-refractivity contribution in [2.45, 2.75) is 135 Å². The van der Waals surface area contributed by atoms with E-state index >= 15 is 0 Å². The molecular formula is C44H55NO10S. The molecule has 1 aromatic carbocycles. The second kappa shape index (κ2) is 16.3. The number of rotatable bonds is 5. The Bertz CT molecular complexity index is 1950. The van der Waals surface area contributed by atoms with Crippen LogP contribution in [0.1, 0.15) is 97.3 Å². The Hall–Kier alpha value is -3.68. The Labute approximate surface area is 333 Å². The summed E-state index contributed by atoms with van der Waals surface area (Å²) in [7, 11) is 0. The van der Waals surface area contributed by atoms with Crippen LogP contribution in [0.2, 0.25) is 0 Å². The lowest BCUT2D eigenvalue weighted by molar-refractivity contribution is -0.340. The molecular weight excluding hydrogens is 735 g/mol. The lowest BCUT2D eigenvalue weighted by atomic mass is 9.70. The molecule has 7 rings (SSSR count). The molecule has 5 aliphatic rings. The quantitative estimate of drug-likeness (QED) is 0.182. The molecule has 1 aliphatic carbocycles. The fraction of sp³-hybridized carbons (Fsp3) is 0.591. The first-order valence-corrected chi connectivity index (χ1v) is 20.9. The van der Waals surface area contributed by atoms with Crippen LogP contribution in [0, 0.1) is 23.7 Å². The second-order valence-electron chi connectivity index (χ2n) is 16.6. The predicted octanol–water partition coefficient (Wildman–Crippen LogP) is 7.58. The molecule has 5 heterocycles. The summed E-state index contributed by atoms with van der Waals surface area (Å²) < 4.78 is 39.3. The van der Waals surface area contributed by atoms with E-state index in [4.69, 9.17) is 28.4 Å². The number of benzene rings is 1. The lowest BCUT2D eigenvalue weighted by Gasteiger charge is -2.51. The molecule has 0 amide bonds. The standard InChI is InChI=1S/C44H55NO10S/c1-8-24(2)38-27(5)16-17-43(55-38)21-33-20-32(54-43)14-12-26(4)37(51-29(7)46)25(3)10-9-11-31-22-50-40-39(28(6)18-34(42(48)52-33)44(31,40)49)53-41(47)30-13-15-35-36(19-30)56-23-45-35/h9-13,15,18-19,23-25,27,32-34,37-40,49H,8,14,16-17,20-22H2,1-7H3/b10-9+,26-12+,31-11+/t24-,25-,27-,32+,33-,34-,37-,38+,39+,40+,43+,44+/m0/s1. The van der Waals surface area contributed by atoms with Crippen molar-refractivity contribution in [2.75, 3.05) is 6.61 Å². The Morgan fingerprint density at radius 1 is 1.11 bits per heavy atom. The van der Waals surface area contributed by atoms with Gasteiger partial charge < -0.3 is 33.5 Å². The lowest BCUT2D eigenvalue weighted by Crippen LogP contribution is -2.59.